The minimum absolute atomic E-state index is 0.0275. The number of nitrogens with one attached hydrogen (secondary N) is 1. The van der Waals surface area contributed by atoms with Crippen molar-refractivity contribution in [3.8, 4) is 11.5 Å². The number of rotatable bonds is 4. The van der Waals surface area contributed by atoms with Crippen molar-refractivity contribution in [2.24, 2.45) is 0 Å². The molecule has 122 valence electrons. The third kappa shape index (κ3) is 3.71. The molecule has 23 heavy (non-hydrogen) atoms. The Bertz CT molecular complexity index is 774. The lowest BCUT2D eigenvalue weighted by Gasteiger charge is -2.14. The topological polar surface area (TPSA) is 77.5 Å². The van der Waals surface area contributed by atoms with Gasteiger partial charge in [0, 0.05) is 24.7 Å². The number of hydrogen-bond acceptors (Lipinski definition) is 5. The van der Waals surface area contributed by atoms with E-state index in [2.05, 4.69) is 10.3 Å². The van der Waals surface area contributed by atoms with Gasteiger partial charge in [0.05, 0.1) is 6.10 Å². The number of nitrogens with zero attached hydrogens (tertiary/aromatic N) is 1. The smallest absolute Gasteiger partial charge is 0.308 e. The number of pyridine rings is 1. The molecule has 1 amide bonds. The zero-order chi connectivity index (χ0) is 17.1. The van der Waals surface area contributed by atoms with Gasteiger partial charge in [-0.1, -0.05) is 11.6 Å². The molecule has 1 N–H and O–H groups in total. The first-order chi connectivity index (χ1) is 10.8. The van der Waals surface area contributed by atoms with E-state index >= 15 is 0 Å². The number of aromatic nitrogens is 1. The van der Waals surface area contributed by atoms with Crippen LogP contribution in [0.15, 0.2) is 18.2 Å². The summed E-state index contributed by atoms with van der Waals surface area (Å²) in [6.45, 7) is 5.04. The molecule has 2 aromatic rings. The second kappa shape index (κ2) is 6.83. The Labute approximate surface area is 138 Å². The Morgan fingerprint density at radius 3 is 2.52 bits per heavy atom. The summed E-state index contributed by atoms with van der Waals surface area (Å²) in [4.78, 5) is 27.5. The predicted molar refractivity (Wildman–Crippen MR) is 87.2 cm³/mol. The molecule has 0 aliphatic carbocycles. The van der Waals surface area contributed by atoms with Crippen molar-refractivity contribution in [2.45, 2.75) is 26.9 Å². The van der Waals surface area contributed by atoms with Gasteiger partial charge in [0.15, 0.2) is 11.4 Å². The van der Waals surface area contributed by atoms with Crippen LogP contribution in [0.4, 0.5) is 0 Å². The molecule has 0 saturated carbocycles. The molecular weight excluding hydrogens is 320 g/mol. The zero-order valence-corrected chi connectivity index (χ0v) is 14.0. The van der Waals surface area contributed by atoms with Gasteiger partial charge < -0.3 is 14.8 Å². The molecule has 0 unspecified atom stereocenters. The largest absolute Gasteiger partial charge is 0.491 e. The number of fused-ring (bicyclic) bond motifs is 1. The fourth-order valence-electron chi connectivity index (χ4n) is 2.09. The number of carbonyl (C=O) groups is 2. The van der Waals surface area contributed by atoms with E-state index in [1.54, 1.807) is 18.2 Å². The molecule has 1 aromatic carbocycles. The summed E-state index contributed by atoms with van der Waals surface area (Å²) < 4.78 is 10.9. The van der Waals surface area contributed by atoms with Crippen molar-refractivity contribution in [2.75, 3.05) is 7.05 Å². The van der Waals surface area contributed by atoms with Crippen LogP contribution in [0.5, 0.6) is 11.5 Å². The molecular formula is C16H17ClN2O4. The van der Waals surface area contributed by atoms with Crippen LogP contribution >= 0.6 is 11.6 Å². The molecule has 0 aliphatic heterocycles. The summed E-state index contributed by atoms with van der Waals surface area (Å²) in [5.74, 6) is -0.424. The summed E-state index contributed by atoms with van der Waals surface area (Å²) in [6, 6.07) is 5.13. The first kappa shape index (κ1) is 17.0. The van der Waals surface area contributed by atoms with Crippen LogP contribution in [0.25, 0.3) is 10.8 Å². The third-order valence-corrected chi connectivity index (χ3v) is 3.23. The molecule has 6 nitrogen and oxygen atoms in total. The Hall–Kier alpha value is -2.34. The summed E-state index contributed by atoms with van der Waals surface area (Å²) in [6.07, 6.45) is -0.0275. The first-order valence-corrected chi connectivity index (χ1v) is 7.41. The van der Waals surface area contributed by atoms with Crippen molar-refractivity contribution in [1.82, 2.24) is 10.3 Å². The van der Waals surface area contributed by atoms with Crippen LogP contribution in [0.2, 0.25) is 5.15 Å². The summed E-state index contributed by atoms with van der Waals surface area (Å²) in [5.41, 5.74) is -0.0538. The van der Waals surface area contributed by atoms with Crippen LogP contribution in [0.1, 0.15) is 31.3 Å². The molecule has 0 fully saturated rings. The van der Waals surface area contributed by atoms with Gasteiger partial charge in [0.1, 0.15) is 10.9 Å². The van der Waals surface area contributed by atoms with E-state index < -0.39 is 11.9 Å². The highest BCUT2D eigenvalue weighted by molar-refractivity contribution is 6.35. The van der Waals surface area contributed by atoms with Crippen molar-refractivity contribution < 1.29 is 19.1 Å². The second-order valence-corrected chi connectivity index (χ2v) is 5.49. The van der Waals surface area contributed by atoms with Crippen LogP contribution in [0, 0.1) is 0 Å². The predicted octanol–water partition coefficient (Wildman–Crippen LogP) is 2.96. The van der Waals surface area contributed by atoms with Gasteiger partial charge in [-0.2, -0.15) is 0 Å². The average molecular weight is 337 g/mol. The van der Waals surface area contributed by atoms with E-state index in [-0.39, 0.29) is 22.7 Å². The minimum Gasteiger partial charge on any atom is -0.491 e. The van der Waals surface area contributed by atoms with Crippen molar-refractivity contribution in [3.05, 3.63) is 29.0 Å². The van der Waals surface area contributed by atoms with Gasteiger partial charge in [-0.3, -0.25) is 9.59 Å². The molecule has 0 spiro atoms. The molecule has 0 bridgehead atoms. The standard InChI is InChI=1S/C16H17ClN2O4/c1-8(2)22-10-5-6-11-12(7-10)14(23-9(3)20)13(16(21)18-4)19-15(11)17/h5-8H,1-4H3,(H,18,21). The number of ether oxygens (including phenoxy) is 2. The molecule has 0 saturated heterocycles. The summed E-state index contributed by atoms with van der Waals surface area (Å²) >= 11 is 6.16. The Morgan fingerprint density at radius 1 is 1.26 bits per heavy atom. The Morgan fingerprint density at radius 2 is 1.96 bits per heavy atom. The van der Waals surface area contributed by atoms with Crippen LogP contribution in [-0.2, 0) is 4.79 Å². The maximum atomic E-state index is 12.0. The average Bonchev–Trinajstić information content (AvgIpc) is 2.48. The van der Waals surface area contributed by atoms with E-state index in [9.17, 15) is 9.59 Å². The van der Waals surface area contributed by atoms with Gasteiger partial charge in [-0.25, -0.2) is 4.98 Å². The highest BCUT2D eigenvalue weighted by Crippen LogP contribution is 2.35. The fraction of sp³-hybridized carbons (Fsp3) is 0.312. The molecule has 0 aliphatic rings. The minimum atomic E-state index is -0.559. The number of esters is 1. The molecule has 0 radical (unpaired) electrons. The molecule has 1 aromatic heterocycles. The quantitative estimate of drug-likeness (QED) is 0.686. The second-order valence-electron chi connectivity index (χ2n) is 5.13. The first-order valence-electron chi connectivity index (χ1n) is 7.04. The van der Waals surface area contributed by atoms with E-state index in [1.807, 2.05) is 13.8 Å². The Balaban J connectivity index is 2.75. The summed E-state index contributed by atoms with van der Waals surface area (Å²) in [5, 5.41) is 3.64. The van der Waals surface area contributed by atoms with Crippen LogP contribution in [0.3, 0.4) is 0 Å². The Kier molecular flexibility index (Phi) is 5.05. The van der Waals surface area contributed by atoms with Gasteiger partial charge in [-0.05, 0) is 32.0 Å². The third-order valence-electron chi connectivity index (χ3n) is 2.94. The number of amides is 1. The van der Waals surface area contributed by atoms with Gasteiger partial charge >= 0.3 is 5.97 Å². The molecule has 0 atom stereocenters. The zero-order valence-electron chi connectivity index (χ0n) is 13.3. The molecule has 7 heteroatoms. The van der Waals surface area contributed by atoms with E-state index in [1.165, 1.54) is 14.0 Å². The van der Waals surface area contributed by atoms with E-state index in [0.717, 1.165) is 0 Å². The van der Waals surface area contributed by atoms with Crippen molar-refractivity contribution >= 4 is 34.2 Å². The monoisotopic (exact) mass is 336 g/mol. The fourth-order valence-corrected chi connectivity index (χ4v) is 2.34. The lowest BCUT2D eigenvalue weighted by molar-refractivity contribution is -0.131. The lowest BCUT2D eigenvalue weighted by atomic mass is 10.1. The van der Waals surface area contributed by atoms with Crippen molar-refractivity contribution in [1.29, 1.82) is 0 Å². The summed E-state index contributed by atoms with van der Waals surface area (Å²) in [7, 11) is 1.46. The van der Waals surface area contributed by atoms with Gasteiger partial charge in [0.2, 0.25) is 0 Å². The number of hydrogen-bond donors (Lipinski definition) is 1. The number of halogens is 1. The maximum absolute atomic E-state index is 12.0. The molecule has 1 heterocycles. The number of carbonyl (C=O) groups excluding carboxylic acids is 2. The number of benzene rings is 1. The molecule has 2 rings (SSSR count). The maximum Gasteiger partial charge on any atom is 0.308 e. The normalized spacial score (nSPS) is 10.7. The van der Waals surface area contributed by atoms with E-state index in [4.69, 9.17) is 21.1 Å². The van der Waals surface area contributed by atoms with E-state index in [0.29, 0.717) is 16.5 Å². The highest BCUT2D eigenvalue weighted by atomic mass is 35.5. The SMILES string of the molecule is CNC(=O)c1nc(Cl)c2ccc(OC(C)C)cc2c1OC(C)=O. The lowest BCUT2D eigenvalue weighted by Crippen LogP contribution is -2.21. The van der Waals surface area contributed by atoms with Gasteiger partial charge in [0.25, 0.3) is 5.91 Å². The van der Waals surface area contributed by atoms with Crippen LogP contribution in [-0.4, -0.2) is 30.0 Å². The van der Waals surface area contributed by atoms with Crippen molar-refractivity contribution in [3.63, 3.8) is 0 Å². The van der Waals surface area contributed by atoms with Gasteiger partial charge in [-0.15, -0.1) is 0 Å². The highest BCUT2D eigenvalue weighted by Gasteiger charge is 2.21. The van der Waals surface area contributed by atoms with Crippen LogP contribution < -0.4 is 14.8 Å².